The van der Waals surface area contributed by atoms with Gasteiger partial charge in [-0.05, 0) is 80.2 Å². The number of benzene rings is 2. The average molecular weight is 546 g/mol. The lowest BCUT2D eigenvalue weighted by Crippen LogP contribution is -2.33. The van der Waals surface area contributed by atoms with Crippen molar-refractivity contribution in [3.63, 3.8) is 0 Å². The van der Waals surface area contributed by atoms with E-state index in [1.807, 2.05) is 6.92 Å². The number of esters is 1. The third-order valence-corrected chi connectivity index (χ3v) is 8.69. The van der Waals surface area contributed by atoms with Crippen molar-refractivity contribution in [3.05, 3.63) is 54.1 Å². The van der Waals surface area contributed by atoms with Crippen LogP contribution in [0.1, 0.15) is 129 Å². The van der Waals surface area contributed by atoms with Crippen LogP contribution in [0.5, 0.6) is 5.75 Å². The van der Waals surface area contributed by atoms with Crippen molar-refractivity contribution < 1.29 is 14.3 Å². The standard InChI is InChI=1S/C36H51NO3/c1-4-6-7-8-9-10-11-12-13-14-27-39-33-23-19-31(20-24-33)29-15-17-30(18-16-29)32-21-25-34(26-22-32)40-35(38)36(3,5-2)28-37/h15-20,23-24,32,34H,4-14,21-22,25-27H2,1-3H3. The predicted molar refractivity (Wildman–Crippen MR) is 164 cm³/mol. The molecule has 0 bridgehead atoms. The molecule has 0 aliphatic heterocycles. The zero-order chi connectivity index (χ0) is 28.6. The minimum Gasteiger partial charge on any atom is -0.494 e. The van der Waals surface area contributed by atoms with Crippen LogP contribution in [0.25, 0.3) is 11.1 Å². The third kappa shape index (κ3) is 9.99. The van der Waals surface area contributed by atoms with E-state index in [4.69, 9.17) is 9.47 Å². The number of hydrogen-bond donors (Lipinski definition) is 0. The average Bonchev–Trinajstić information content (AvgIpc) is 3.00. The Kier molecular flexibility index (Phi) is 13.6. The van der Waals surface area contributed by atoms with Gasteiger partial charge in [-0.15, -0.1) is 0 Å². The molecule has 0 N–H and O–H groups in total. The van der Waals surface area contributed by atoms with E-state index in [1.165, 1.54) is 74.5 Å². The highest BCUT2D eigenvalue weighted by molar-refractivity contribution is 5.79. The van der Waals surface area contributed by atoms with Crippen LogP contribution in [0.4, 0.5) is 0 Å². The van der Waals surface area contributed by atoms with Crippen molar-refractivity contribution in [2.45, 2.75) is 129 Å². The van der Waals surface area contributed by atoms with E-state index in [0.29, 0.717) is 12.3 Å². The molecule has 4 nitrogen and oxygen atoms in total. The topological polar surface area (TPSA) is 59.3 Å². The van der Waals surface area contributed by atoms with Crippen LogP contribution in [-0.2, 0) is 9.53 Å². The van der Waals surface area contributed by atoms with Crippen LogP contribution in [0.15, 0.2) is 48.5 Å². The number of unbranched alkanes of at least 4 members (excludes halogenated alkanes) is 9. The van der Waals surface area contributed by atoms with E-state index in [2.05, 4.69) is 61.5 Å². The number of ether oxygens (including phenoxy) is 2. The summed E-state index contributed by atoms with van der Waals surface area (Å²) in [5.41, 5.74) is 2.72. The molecule has 2 aromatic carbocycles. The van der Waals surface area contributed by atoms with Gasteiger partial charge < -0.3 is 9.47 Å². The highest BCUT2D eigenvalue weighted by Crippen LogP contribution is 2.36. The fraction of sp³-hybridized carbons (Fsp3) is 0.611. The first-order valence-corrected chi connectivity index (χ1v) is 15.9. The van der Waals surface area contributed by atoms with Gasteiger partial charge in [-0.1, -0.05) is 108 Å². The minimum absolute atomic E-state index is 0.0758. The fourth-order valence-electron chi connectivity index (χ4n) is 5.54. The molecule has 2 aromatic rings. The summed E-state index contributed by atoms with van der Waals surface area (Å²) >= 11 is 0. The summed E-state index contributed by atoms with van der Waals surface area (Å²) in [5, 5.41) is 9.33. The first kappa shape index (κ1) is 31.7. The number of carbonyl (C=O) groups is 1. The Labute approximate surface area is 243 Å². The molecular weight excluding hydrogens is 494 g/mol. The Morgan fingerprint density at radius 3 is 1.85 bits per heavy atom. The molecular formula is C36H51NO3. The highest BCUT2D eigenvalue weighted by Gasteiger charge is 2.35. The molecule has 218 valence electrons. The predicted octanol–water partition coefficient (Wildman–Crippen LogP) is 10.2. The van der Waals surface area contributed by atoms with E-state index < -0.39 is 5.41 Å². The lowest BCUT2D eigenvalue weighted by Gasteiger charge is -2.30. The third-order valence-electron chi connectivity index (χ3n) is 8.69. The van der Waals surface area contributed by atoms with Gasteiger partial charge in [0.15, 0.2) is 5.41 Å². The zero-order valence-corrected chi connectivity index (χ0v) is 25.3. The number of hydrogen-bond acceptors (Lipinski definition) is 4. The maximum atomic E-state index is 12.4. The second kappa shape index (κ2) is 17.1. The van der Waals surface area contributed by atoms with Crippen molar-refractivity contribution in [2.75, 3.05) is 6.61 Å². The van der Waals surface area contributed by atoms with Gasteiger partial charge >= 0.3 is 5.97 Å². The van der Waals surface area contributed by atoms with Crippen molar-refractivity contribution in [3.8, 4) is 22.9 Å². The molecule has 1 unspecified atom stereocenters. The van der Waals surface area contributed by atoms with Crippen LogP contribution >= 0.6 is 0 Å². The van der Waals surface area contributed by atoms with Crippen molar-refractivity contribution in [1.29, 1.82) is 5.26 Å². The summed E-state index contributed by atoms with van der Waals surface area (Å²) in [6, 6.07) is 19.5. The molecule has 1 fully saturated rings. The largest absolute Gasteiger partial charge is 0.494 e. The van der Waals surface area contributed by atoms with E-state index in [9.17, 15) is 10.1 Å². The highest BCUT2D eigenvalue weighted by atomic mass is 16.5. The van der Waals surface area contributed by atoms with E-state index in [1.54, 1.807) is 6.92 Å². The number of nitriles is 1. The molecule has 0 radical (unpaired) electrons. The summed E-state index contributed by atoms with van der Waals surface area (Å²) in [6.45, 7) is 6.59. The molecule has 1 aliphatic carbocycles. The monoisotopic (exact) mass is 545 g/mol. The van der Waals surface area contributed by atoms with Crippen molar-refractivity contribution in [1.82, 2.24) is 0 Å². The molecule has 0 saturated heterocycles. The molecule has 1 saturated carbocycles. The van der Waals surface area contributed by atoms with Gasteiger partial charge in [0.05, 0.1) is 12.7 Å². The Hall–Kier alpha value is -2.80. The Morgan fingerprint density at radius 1 is 0.800 bits per heavy atom. The van der Waals surface area contributed by atoms with Crippen LogP contribution in [0.3, 0.4) is 0 Å². The molecule has 1 aliphatic rings. The molecule has 0 spiro atoms. The molecule has 0 aromatic heterocycles. The summed E-state index contributed by atoms with van der Waals surface area (Å²) in [4.78, 5) is 12.4. The number of carbonyl (C=O) groups excluding carboxylic acids is 1. The zero-order valence-electron chi connectivity index (χ0n) is 25.3. The Bertz CT molecular complexity index is 1030. The van der Waals surface area contributed by atoms with Gasteiger partial charge in [0, 0.05) is 0 Å². The number of rotatable bonds is 17. The molecule has 0 amide bonds. The Morgan fingerprint density at radius 2 is 1.32 bits per heavy atom. The maximum Gasteiger partial charge on any atom is 0.326 e. The molecule has 4 heteroatoms. The lowest BCUT2D eigenvalue weighted by molar-refractivity contribution is -0.159. The van der Waals surface area contributed by atoms with E-state index in [0.717, 1.165) is 44.5 Å². The lowest BCUT2D eigenvalue weighted by atomic mass is 9.82. The quantitative estimate of drug-likeness (QED) is 0.146. The summed E-state index contributed by atoms with van der Waals surface area (Å²) < 4.78 is 11.7. The van der Waals surface area contributed by atoms with Gasteiger partial charge in [-0.2, -0.15) is 5.26 Å². The first-order chi connectivity index (χ1) is 19.5. The van der Waals surface area contributed by atoms with Gasteiger partial charge in [0.25, 0.3) is 0 Å². The van der Waals surface area contributed by atoms with Crippen LogP contribution < -0.4 is 4.74 Å². The van der Waals surface area contributed by atoms with Gasteiger partial charge in [-0.3, -0.25) is 4.79 Å². The maximum absolute atomic E-state index is 12.4. The van der Waals surface area contributed by atoms with Crippen LogP contribution in [0.2, 0.25) is 0 Å². The fourth-order valence-corrected chi connectivity index (χ4v) is 5.54. The molecule has 1 atom stereocenters. The first-order valence-electron chi connectivity index (χ1n) is 15.9. The molecule has 40 heavy (non-hydrogen) atoms. The Balaban J connectivity index is 1.35. The van der Waals surface area contributed by atoms with Gasteiger partial charge in [-0.25, -0.2) is 0 Å². The van der Waals surface area contributed by atoms with Crippen molar-refractivity contribution >= 4 is 5.97 Å². The molecule has 0 heterocycles. The SMILES string of the molecule is CCCCCCCCCCCCOc1ccc(-c2ccc(C3CCC(OC(=O)C(C)(C#N)CC)CC3)cc2)cc1. The molecule has 3 rings (SSSR count). The normalized spacial score (nSPS) is 18.4. The van der Waals surface area contributed by atoms with Crippen molar-refractivity contribution in [2.24, 2.45) is 5.41 Å². The second-order valence-electron chi connectivity index (χ2n) is 11.9. The summed E-state index contributed by atoms with van der Waals surface area (Å²) in [5.74, 6) is 1.06. The van der Waals surface area contributed by atoms with E-state index >= 15 is 0 Å². The second-order valence-corrected chi connectivity index (χ2v) is 11.9. The van der Waals surface area contributed by atoms with E-state index in [-0.39, 0.29) is 12.1 Å². The summed E-state index contributed by atoms with van der Waals surface area (Å²) in [7, 11) is 0. The van der Waals surface area contributed by atoms with Crippen LogP contribution in [0, 0.1) is 16.7 Å². The summed E-state index contributed by atoms with van der Waals surface area (Å²) in [6.07, 6.45) is 17.5. The van der Waals surface area contributed by atoms with Gasteiger partial charge in [0.1, 0.15) is 11.9 Å². The van der Waals surface area contributed by atoms with Crippen LogP contribution in [-0.4, -0.2) is 18.7 Å². The smallest absolute Gasteiger partial charge is 0.326 e. The number of nitrogens with zero attached hydrogens (tertiary/aromatic N) is 1. The van der Waals surface area contributed by atoms with Gasteiger partial charge in [0.2, 0.25) is 0 Å². The minimum atomic E-state index is -1.04.